The number of ether oxygens (including phenoxy) is 2. The number of nitrogens with zero attached hydrogens (tertiary/aromatic N) is 2. The second kappa shape index (κ2) is 8.43. The average molecular weight is 364 g/mol. The lowest BCUT2D eigenvalue weighted by Crippen LogP contribution is -2.23. The molecule has 2 amide bonds. The van der Waals surface area contributed by atoms with Crippen LogP contribution >= 0.6 is 11.3 Å². The van der Waals surface area contributed by atoms with E-state index in [0.717, 1.165) is 10.0 Å². The van der Waals surface area contributed by atoms with Crippen molar-refractivity contribution in [1.29, 1.82) is 0 Å². The number of hydrogen-bond acceptors (Lipinski definition) is 7. The van der Waals surface area contributed by atoms with E-state index in [9.17, 15) is 9.59 Å². The fourth-order valence-corrected chi connectivity index (χ4v) is 2.69. The van der Waals surface area contributed by atoms with Crippen LogP contribution in [-0.4, -0.2) is 35.7 Å². The van der Waals surface area contributed by atoms with Gasteiger partial charge in [0, 0.05) is 11.5 Å². The van der Waals surface area contributed by atoms with E-state index < -0.39 is 5.91 Å². The number of primary amides is 1. The highest BCUT2D eigenvalue weighted by atomic mass is 32.1. The first kappa shape index (κ1) is 18.7. The van der Waals surface area contributed by atoms with E-state index in [-0.39, 0.29) is 12.5 Å². The van der Waals surface area contributed by atoms with Crippen LogP contribution in [0.3, 0.4) is 0 Å². The van der Waals surface area contributed by atoms with Gasteiger partial charge in [0.05, 0.1) is 13.7 Å². The second-order valence-corrected chi connectivity index (χ2v) is 6.59. The third-order valence-corrected chi connectivity index (χ3v) is 4.40. The molecule has 8 nitrogen and oxygen atoms in total. The maximum atomic E-state index is 12.3. The number of rotatable bonds is 8. The van der Waals surface area contributed by atoms with Gasteiger partial charge < -0.3 is 20.5 Å². The van der Waals surface area contributed by atoms with Crippen molar-refractivity contribution in [1.82, 2.24) is 15.5 Å². The third-order valence-electron chi connectivity index (χ3n) is 3.17. The van der Waals surface area contributed by atoms with Crippen LogP contribution in [0.1, 0.15) is 40.1 Å². The van der Waals surface area contributed by atoms with Crippen LogP contribution in [0.15, 0.2) is 18.2 Å². The summed E-state index contributed by atoms with van der Waals surface area (Å²) in [6.07, 6.45) is 0. The van der Waals surface area contributed by atoms with E-state index in [2.05, 4.69) is 15.5 Å². The normalized spacial score (nSPS) is 10.6. The molecule has 134 valence electrons. The molecule has 1 heterocycles. The molecule has 1 aromatic carbocycles. The van der Waals surface area contributed by atoms with Gasteiger partial charge in [-0.05, 0) is 18.2 Å². The molecule has 0 radical (unpaired) electrons. The molecule has 0 saturated heterocycles. The largest absolute Gasteiger partial charge is 0.493 e. The maximum Gasteiger partial charge on any atom is 0.255 e. The van der Waals surface area contributed by atoms with Crippen molar-refractivity contribution < 1.29 is 19.1 Å². The van der Waals surface area contributed by atoms with Crippen LogP contribution < -0.4 is 20.5 Å². The minimum absolute atomic E-state index is 0.267. The first-order valence-corrected chi connectivity index (χ1v) is 8.42. The Hall–Kier alpha value is -2.68. The molecule has 1 aromatic heterocycles. The Labute approximate surface area is 149 Å². The van der Waals surface area contributed by atoms with Crippen molar-refractivity contribution in [3.05, 3.63) is 33.8 Å². The van der Waals surface area contributed by atoms with Gasteiger partial charge >= 0.3 is 0 Å². The Kier molecular flexibility index (Phi) is 6.29. The number of nitrogens with one attached hydrogen (secondary N) is 1. The number of amides is 2. The molecule has 2 rings (SSSR count). The topological polar surface area (TPSA) is 116 Å². The van der Waals surface area contributed by atoms with Gasteiger partial charge in [-0.25, -0.2) is 0 Å². The van der Waals surface area contributed by atoms with E-state index in [1.54, 1.807) is 12.1 Å². The lowest BCUT2D eigenvalue weighted by Gasteiger charge is -2.11. The first-order chi connectivity index (χ1) is 11.9. The molecule has 25 heavy (non-hydrogen) atoms. The molecule has 0 unspecified atom stereocenters. The smallest absolute Gasteiger partial charge is 0.255 e. The van der Waals surface area contributed by atoms with Crippen molar-refractivity contribution in [3.8, 4) is 11.5 Å². The van der Waals surface area contributed by atoms with Crippen LogP contribution in [0.25, 0.3) is 0 Å². The number of methoxy groups -OCH3 is 1. The summed E-state index contributed by atoms with van der Waals surface area (Å²) in [6, 6.07) is 4.66. The molecule has 0 aliphatic rings. The lowest BCUT2D eigenvalue weighted by atomic mass is 10.2. The predicted molar refractivity (Wildman–Crippen MR) is 92.9 cm³/mol. The van der Waals surface area contributed by atoms with Crippen LogP contribution in [0, 0.1) is 0 Å². The van der Waals surface area contributed by atoms with E-state index in [1.165, 1.54) is 24.5 Å². The number of benzene rings is 1. The quantitative estimate of drug-likeness (QED) is 0.732. The summed E-state index contributed by atoms with van der Waals surface area (Å²) in [4.78, 5) is 23.1. The van der Waals surface area contributed by atoms with Crippen LogP contribution in [0.2, 0.25) is 0 Å². The van der Waals surface area contributed by atoms with Gasteiger partial charge in [0.25, 0.3) is 11.8 Å². The van der Waals surface area contributed by atoms with Gasteiger partial charge in [0.15, 0.2) is 18.1 Å². The fraction of sp³-hybridized carbons (Fsp3) is 0.375. The molecule has 2 aromatic rings. The summed E-state index contributed by atoms with van der Waals surface area (Å²) in [5, 5.41) is 12.6. The molecule has 0 aliphatic heterocycles. The van der Waals surface area contributed by atoms with Crippen LogP contribution in [-0.2, 0) is 11.3 Å². The molecular formula is C16H20N4O4S. The lowest BCUT2D eigenvalue weighted by molar-refractivity contribution is -0.119. The minimum Gasteiger partial charge on any atom is -0.493 e. The van der Waals surface area contributed by atoms with Gasteiger partial charge in [-0.3, -0.25) is 9.59 Å². The number of aromatic nitrogens is 2. The van der Waals surface area contributed by atoms with Crippen molar-refractivity contribution in [3.63, 3.8) is 0 Å². The molecular weight excluding hydrogens is 344 g/mol. The summed E-state index contributed by atoms with van der Waals surface area (Å²) < 4.78 is 10.4. The second-order valence-electron chi connectivity index (χ2n) is 5.49. The van der Waals surface area contributed by atoms with Crippen molar-refractivity contribution >= 4 is 23.2 Å². The summed E-state index contributed by atoms with van der Waals surface area (Å²) in [7, 11) is 1.45. The Balaban J connectivity index is 2.01. The summed E-state index contributed by atoms with van der Waals surface area (Å²) in [5.74, 6) is 0.109. The SMILES string of the molecule is COc1cc(C(=O)NCc2nnc(C(C)C)s2)ccc1OCC(N)=O. The number of hydrogen-bond donors (Lipinski definition) is 2. The Morgan fingerprint density at radius 2 is 2.04 bits per heavy atom. The van der Waals surface area contributed by atoms with Gasteiger partial charge in [-0.15, -0.1) is 10.2 Å². The van der Waals surface area contributed by atoms with E-state index >= 15 is 0 Å². The molecule has 0 aliphatic carbocycles. The summed E-state index contributed by atoms with van der Waals surface area (Å²) in [6.45, 7) is 4.11. The highest BCUT2D eigenvalue weighted by Gasteiger charge is 2.13. The highest BCUT2D eigenvalue weighted by Crippen LogP contribution is 2.28. The first-order valence-electron chi connectivity index (χ1n) is 7.60. The number of carbonyl (C=O) groups excluding carboxylic acids is 2. The Bertz CT molecular complexity index is 760. The highest BCUT2D eigenvalue weighted by molar-refractivity contribution is 7.11. The molecule has 9 heteroatoms. The molecule has 3 N–H and O–H groups in total. The maximum absolute atomic E-state index is 12.3. The summed E-state index contributed by atoms with van der Waals surface area (Å²) >= 11 is 1.47. The van der Waals surface area contributed by atoms with E-state index in [1.807, 2.05) is 13.8 Å². The van der Waals surface area contributed by atoms with Crippen LogP contribution in [0.4, 0.5) is 0 Å². The minimum atomic E-state index is -0.596. The molecule has 0 saturated carbocycles. The Morgan fingerprint density at radius 3 is 2.64 bits per heavy atom. The monoisotopic (exact) mass is 364 g/mol. The fourth-order valence-electron chi connectivity index (χ4n) is 1.91. The van der Waals surface area contributed by atoms with Crippen molar-refractivity contribution in [2.75, 3.05) is 13.7 Å². The zero-order valence-electron chi connectivity index (χ0n) is 14.2. The van der Waals surface area contributed by atoms with Crippen LogP contribution in [0.5, 0.6) is 11.5 Å². The standard InChI is InChI=1S/C16H20N4O4S/c1-9(2)16-20-19-14(25-16)7-18-15(22)10-4-5-11(12(6-10)23-3)24-8-13(17)21/h4-6,9H,7-8H2,1-3H3,(H2,17,21)(H,18,22). The van der Waals surface area contributed by atoms with Gasteiger partial charge in [0.2, 0.25) is 0 Å². The van der Waals surface area contributed by atoms with E-state index in [0.29, 0.717) is 29.5 Å². The van der Waals surface area contributed by atoms with Gasteiger partial charge in [-0.2, -0.15) is 0 Å². The molecule has 0 bridgehead atoms. The number of carbonyl (C=O) groups is 2. The van der Waals surface area contributed by atoms with Gasteiger partial charge in [0.1, 0.15) is 10.0 Å². The zero-order chi connectivity index (χ0) is 18.4. The Morgan fingerprint density at radius 1 is 1.28 bits per heavy atom. The van der Waals surface area contributed by atoms with Gasteiger partial charge in [-0.1, -0.05) is 25.2 Å². The van der Waals surface area contributed by atoms with Crippen molar-refractivity contribution in [2.24, 2.45) is 5.73 Å². The van der Waals surface area contributed by atoms with E-state index in [4.69, 9.17) is 15.2 Å². The average Bonchev–Trinajstić information content (AvgIpc) is 3.07. The predicted octanol–water partition coefficient (Wildman–Crippen LogP) is 1.46. The zero-order valence-corrected chi connectivity index (χ0v) is 15.1. The van der Waals surface area contributed by atoms with Crippen molar-refractivity contribution in [2.45, 2.75) is 26.3 Å². The summed E-state index contributed by atoms with van der Waals surface area (Å²) in [5.41, 5.74) is 5.45. The molecule has 0 fully saturated rings. The number of nitrogens with two attached hydrogens (primary N) is 1. The molecule has 0 spiro atoms. The third kappa shape index (κ3) is 5.15. The molecule has 0 atom stereocenters.